The SMILES string of the molecule is [CH2-]C.[CH2-]C[CH2-].[CH3-].[CH3-].[Y+3].[Y].[Y]. The van der Waals surface area contributed by atoms with Crippen molar-refractivity contribution in [2.75, 3.05) is 0 Å². The zero-order chi connectivity index (χ0) is 4.71. The molecule has 0 heterocycles. The van der Waals surface area contributed by atoms with E-state index in [4.69, 9.17) is 0 Å². The Labute approximate surface area is 144 Å². The van der Waals surface area contributed by atoms with Gasteiger partial charge in [0.2, 0.25) is 0 Å². The van der Waals surface area contributed by atoms with Crippen molar-refractivity contribution < 1.29 is 98.1 Å². The number of hydrogen-bond donors (Lipinski definition) is 0. The Morgan fingerprint density at radius 1 is 0.900 bits per heavy atom. The molecule has 10 heavy (non-hydrogen) atoms. The molecule has 2 radical (unpaired) electrons. The van der Waals surface area contributed by atoms with E-state index in [2.05, 4.69) is 20.8 Å². The van der Waals surface area contributed by atoms with Crippen LogP contribution in [0.1, 0.15) is 13.3 Å². The molecule has 0 nitrogen and oxygen atoms in total. The molecule has 0 aromatic carbocycles. The van der Waals surface area contributed by atoms with Gasteiger partial charge in [0, 0.05) is 65.4 Å². The van der Waals surface area contributed by atoms with Crippen LogP contribution in [0, 0.1) is 35.6 Å². The summed E-state index contributed by atoms with van der Waals surface area (Å²) in [6, 6.07) is 0. The zero-order valence-electron chi connectivity index (χ0n) is 7.56. The van der Waals surface area contributed by atoms with Crippen molar-refractivity contribution in [1.82, 2.24) is 0 Å². The molecule has 0 aromatic heterocycles. The number of hydrogen-bond acceptors (Lipinski definition) is 0. The fraction of sp³-hybridized carbons (Fsp3) is 0.286. The van der Waals surface area contributed by atoms with Crippen molar-refractivity contribution in [2.24, 2.45) is 0 Å². The van der Waals surface area contributed by atoms with Crippen LogP contribution in [0.25, 0.3) is 0 Å². The van der Waals surface area contributed by atoms with Gasteiger partial charge in [-0.05, 0) is 0 Å². The van der Waals surface area contributed by atoms with Gasteiger partial charge < -0.3 is 42.0 Å². The summed E-state index contributed by atoms with van der Waals surface area (Å²) < 4.78 is 0. The average molecular weight is 368 g/mol. The van der Waals surface area contributed by atoms with Crippen molar-refractivity contribution in [3.8, 4) is 0 Å². The summed E-state index contributed by atoms with van der Waals surface area (Å²) in [5, 5.41) is 0. The van der Waals surface area contributed by atoms with E-state index in [1.54, 1.807) is 6.92 Å². The maximum atomic E-state index is 3.38. The monoisotopic (exact) mass is 368 g/mol. The van der Waals surface area contributed by atoms with E-state index >= 15 is 0 Å². The summed E-state index contributed by atoms with van der Waals surface area (Å²) in [6.45, 7) is 11.8. The molecule has 0 saturated heterocycles. The van der Waals surface area contributed by atoms with Gasteiger partial charge in [0.05, 0.1) is 0 Å². The van der Waals surface area contributed by atoms with Crippen LogP contribution in [-0.2, 0) is 98.1 Å². The molecule has 0 aromatic rings. The molecule has 56 valence electrons. The second-order valence-corrected chi connectivity index (χ2v) is 0.354. The second kappa shape index (κ2) is 84.7. The van der Waals surface area contributed by atoms with Gasteiger partial charge in [-0.25, -0.2) is 0 Å². The Morgan fingerprint density at radius 3 is 0.900 bits per heavy atom. The zero-order valence-corrected chi connectivity index (χ0v) is 16.1. The molecule has 0 fully saturated rings. The largest absolute Gasteiger partial charge is 3.00 e. The van der Waals surface area contributed by atoms with E-state index in [1.165, 1.54) is 0 Å². The quantitative estimate of drug-likeness (QED) is 0.577. The molecular weight excluding hydrogens is 351 g/mol. The molecule has 0 rings (SSSR count). The van der Waals surface area contributed by atoms with Gasteiger partial charge in [-0.1, -0.05) is 0 Å². The Bertz CT molecular complexity index is 8.81. The molecule has 0 spiro atoms. The summed E-state index contributed by atoms with van der Waals surface area (Å²) in [7, 11) is 0. The van der Waals surface area contributed by atoms with Gasteiger partial charge in [-0.15, -0.1) is 0 Å². The van der Waals surface area contributed by atoms with E-state index in [0.717, 1.165) is 6.42 Å². The minimum Gasteiger partial charge on any atom is -0.372 e. The third-order valence-corrected chi connectivity index (χ3v) is 0. The molecule has 0 saturated carbocycles. The van der Waals surface area contributed by atoms with E-state index in [9.17, 15) is 0 Å². The first kappa shape index (κ1) is 50.6. The van der Waals surface area contributed by atoms with E-state index in [0.29, 0.717) is 0 Å². The van der Waals surface area contributed by atoms with Crippen molar-refractivity contribution in [2.45, 2.75) is 13.3 Å². The first-order valence-electron chi connectivity index (χ1n) is 1.71. The van der Waals surface area contributed by atoms with Crippen LogP contribution in [0.4, 0.5) is 0 Å². The van der Waals surface area contributed by atoms with Gasteiger partial charge in [-0.3, -0.25) is 0 Å². The fourth-order valence-corrected chi connectivity index (χ4v) is 0. The van der Waals surface area contributed by atoms with Gasteiger partial charge in [0.25, 0.3) is 0 Å². The van der Waals surface area contributed by atoms with E-state index in [1.807, 2.05) is 0 Å². The third-order valence-electron chi connectivity index (χ3n) is 0. The standard InChI is InChI=1S/C3H6.C2H5.2CH3.3Y/c1-3-2;1-2;;;;;/h1-3H2;1H2,2H3;2*1H3;;;/q-2;3*-1;;;+3. The normalized spacial score (nSPS) is 2.40. The summed E-state index contributed by atoms with van der Waals surface area (Å²) in [6.07, 6.45) is 0.750. The van der Waals surface area contributed by atoms with Crippen LogP contribution >= 0.6 is 0 Å². The van der Waals surface area contributed by atoms with Crippen LogP contribution in [0.5, 0.6) is 0 Å². The maximum Gasteiger partial charge on any atom is 3.00 e. The predicted molar refractivity (Wildman–Crippen MR) is 39.2 cm³/mol. The Balaban J connectivity index is -0.00000000246. The Kier molecular flexibility index (Phi) is 429. The van der Waals surface area contributed by atoms with Crippen molar-refractivity contribution in [3.05, 3.63) is 35.6 Å². The average Bonchev–Trinajstić information content (AvgIpc) is 1.46. The molecule has 0 aliphatic carbocycles. The molecular formula is C7H17Y3-2. The summed E-state index contributed by atoms with van der Waals surface area (Å²) >= 11 is 0. The molecule has 0 bridgehead atoms. The van der Waals surface area contributed by atoms with Crippen LogP contribution in [0.2, 0.25) is 0 Å². The third kappa shape index (κ3) is 110. The molecule has 0 unspecified atom stereocenters. The minimum atomic E-state index is 0. The smallest absolute Gasteiger partial charge is 0.372 e. The van der Waals surface area contributed by atoms with Crippen molar-refractivity contribution in [3.63, 3.8) is 0 Å². The van der Waals surface area contributed by atoms with Crippen LogP contribution < -0.4 is 0 Å². The topological polar surface area (TPSA) is 0 Å². The Morgan fingerprint density at radius 2 is 0.900 bits per heavy atom. The van der Waals surface area contributed by atoms with Gasteiger partial charge in [0.15, 0.2) is 0 Å². The Hall–Kier alpha value is 3.31. The second-order valence-electron chi connectivity index (χ2n) is 0.354. The summed E-state index contributed by atoms with van der Waals surface area (Å²) in [5.41, 5.74) is 0. The van der Waals surface area contributed by atoms with E-state index < -0.39 is 0 Å². The molecule has 0 N–H and O–H groups in total. The molecule has 0 aliphatic rings. The molecule has 3 heteroatoms. The predicted octanol–water partition coefficient (Wildman–Crippen LogP) is 2.78. The molecule has 0 aliphatic heterocycles. The van der Waals surface area contributed by atoms with Crippen molar-refractivity contribution >= 4 is 0 Å². The fourth-order valence-electron chi connectivity index (χ4n) is 0. The molecule has 0 amide bonds. The van der Waals surface area contributed by atoms with Crippen LogP contribution in [-0.4, -0.2) is 0 Å². The van der Waals surface area contributed by atoms with Crippen molar-refractivity contribution in [1.29, 1.82) is 0 Å². The van der Waals surface area contributed by atoms with Gasteiger partial charge in [-0.2, -0.15) is 6.92 Å². The van der Waals surface area contributed by atoms with E-state index in [-0.39, 0.29) is 113 Å². The van der Waals surface area contributed by atoms with Crippen LogP contribution in [0.15, 0.2) is 0 Å². The van der Waals surface area contributed by atoms with Gasteiger partial charge in [0.1, 0.15) is 0 Å². The van der Waals surface area contributed by atoms with Crippen LogP contribution in [0.3, 0.4) is 0 Å². The summed E-state index contributed by atoms with van der Waals surface area (Å²) in [4.78, 5) is 0. The molecule has 0 atom stereocenters. The summed E-state index contributed by atoms with van der Waals surface area (Å²) in [5.74, 6) is 0. The number of rotatable bonds is 0. The maximum absolute atomic E-state index is 3.38. The first-order valence-corrected chi connectivity index (χ1v) is 1.71. The van der Waals surface area contributed by atoms with Gasteiger partial charge >= 0.3 is 32.7 Å². The first-order chi connectivity index (χ1) is 2.41. The minimum absolute atomic E-state index is 0.